The molecule has 0 fully saturated rings. The van der Waals surface area contributed by atoms with Gasteiger partial charge < -0.3 is 4.74 Å². The van der Waals surface area contributed by atoms with Gasteiger partial charge >= 0.3 is 0 Å². The molecule has 65 valence electrons. The van der Waals surface area contributed by atoms with E-state index in [4.69, 9.17) is 4.74 Å². The van der Waals surface area contributed by atoms with E-state index in [0.717, 1.165) is 4.47 Å². The van der Waals surface area contributed by atoms with Crippen LogP contribution in [0.4, 0.5) is 0 Å². The first-order chi connectivity index (χ1) is 5.74. The van der Waals surface area contributed by atoms with Gasteiger partial charge in [0.1, 0.15) is 0 Å². The molecule has 0 aliphatic carbocycles. The maximum absolute atomic E-state index is 11.2. The quantitative estimate of drug-likeness (QED) is 0.797. The van der Waals surface area contributed by atoms with E-state index >= 15 is 0 Å². The highest BCUT2D eigenvalue weighted by Gasteiger charge is 2.09. The molecule has 0 aliphatic rings. The van der Waals surface area contributed by atoms with E-state index in [1.54, 1.807) is 18.3 Å². The van der Waals surface area contributed by atoms with Crippen LogP contribution in [0, 0.1) is 0 Å². The van der Waals surface area contributed by atoms with Crippen LogP contribution >= 0.6 is 15.9 Å². The number of aromatic nitrogens is 1. The highest BCUT2D eigenvalue weighted by atomic mass is 79.9. The molecule has 0 aromatic carbocycles. The van der Waals surface area contributed by atoms with Gasteiger partial charge in [-0.25, -0.2) is 5.11 Å². The van der Waals surface area contributed by atoms with Gasteiger partial charge in [0.25, 0.3) is 0 Å². The summed E-state index contributed by atoms with van der Waals surface area (Å²) in [7, 11) is 1.50. The summed E-state index contributed by atoms with van der Waals surface area (Å²) in [6, 6.07) is 3.49. The number of rotatable bonds is 3. The minimum Gasteiger partial charge on any atom is -0.381 e. The first kappa shape index (κ1) is 9.64. The van der Waals surface area contributed by atoms with E-state index < -0.39 is 6.10 Å². The Balaban J connectivity index is 2.68. The topological polar surface area (TPSA) is 42.0 Å². The molecule has 1 aromatic rings. The van der Waals surface area contributed by atoms with Gasteiger partial charge in [-0.05, 0) is 28.1 Å². The summed E-state index contributed by atoms with van der Waals surface area (Å²) in [6.45, 7) is 0.161. The minimum atomic E-state index is -0.886. The number of ether oxygens (including phenoxy) is 1. The lowest BCUT2D eigenvalue weighted by molar-refractivity contribution is 0.0116. The maximum atomic E-state index is 11.2. The van der Waals surface area contributed by atoms with Gasteiger partial charge in [0.15, 0.2) is 6.10 Å². The van der Waals surface area contributed by atoms with Crippen LogP contribution in [0.2, 0.25) is 0 Å². The normalized spacial score (nSPS) is 12.9. The number of hydrogen-bond donors (Lipinski definition) is 0. The molecule has 0 amide bonds. The molecule has 0 aliphatic heterocycles. The predicted molar refractivity (Wildman–Crippen MR) is 47.2 cm³/mol. The fourth-order valence-electron chi connectivity index (χ4n) is 0.814. The van der Waals surface area contributed by atoms with Gasteiger partial charge in [0.2, 0.25) is 0 Å². The molecule has 1 rings (SSSR count). The van der Waals surface area contributed by atoms with Gasteiger partial charge in [-0.1, -0.05) is 0 Å². The molecule has 12 heavy (non-hydrogen) atoms. The van der Waals surface area contributed by atoms with Crippen molar-refractivity contribution in [2.24, 2.45) is 0 Å². The summed E-state index contributed by atoms with van der Waals surface area (Å²) < 4.78 is 5.60. The molecule has 1 heterocycles. The third-order valence-corrected chi connectivity index (χ3v) is 1.87. The van der Waals surface area contributed by atoms with Crippen LogP contribution in [0.5, 0.6) is 0 Å². The Kier molecular flexibility index (Phi) is 3.65. The van der Waals surface area contributed by atoms with E-state index in [-0.39, 0.29) is 6.61 Å². The third kappa shape index (κ3) is 2.55. The molecule has 1 atom stereocenters. The van der Waals surface area contributed by atoms with Crippen LogP contribution in [0.3, 0.4) is 0 Å². The van der Waals surface area contributed by atoms with Crippen molar-refractivity contribution in [2.45, 2.75) is 6.10 Å². The molecule has 0 spiro atoms. The van der Waals surface area contributed by atoms with Gasteiger partial charge in [0.05, 0.1) is 12.3 Å². The summed E-state index contributed by atoms with van der Waals surface area (Å²) in [5.74, 6) is 0. The average Bonchev–Trinajstić information content (AvgIpc) is 2.06. The molecular weight excluding hydrogens is 222 g/mol. The number of pyridine rings is 1. The number of nitrogens with zero attached hydrogens (tertiary/aromatic N) is 1. The SMILES string of the molecule is COCC([O])c1ccc(Br)cn1. The van der Waals surface area contributed by atoms with Crippen LogP contribution in [0.1, 0.15) is 11.8 Å². The van der Waals surface area contributed by atoms with Crippen molar-refractivity contribution in [1.29, 1.82) is 0 Å². The Bertz CT molecular complexity index is 237. The van der Waals surface area contributed by atoms with Gasteiger partial charge in [0, 0.05) is 17.8 Å². The Labute approximate surface area is 79.5 Å². The molecule has 0 saturated heterocycles. The molecule has 4 heteroatoms. The number of hydrogen-bond acceptors (Lipinski definition) is 2. The maximum Gasteiger partial charge on any atom is 0.158 e. The van der Waals surface area contributed by atoms with Crippen LogP contribution in [-0.4, -0.2) is 18.7 Å². The van der Waals surface area contributed by atoms with Crippen LogP contribution in [0.15, 0.2) is 22.8 Å². The van der Waals surface area contributed by atoms with Crippen molar-refractivity contribution in [3.05, 3.63) is 28.5 Å². The standard InChI is InChI=1S/C8H9BrNO2/c1-12-5-8(11)7-3-2-6(9)4-10-7/h2-4,8H,5H2,1H3. The fraction of sp³-hybridized carbons (Fsp3) is 0.375. The van der Waals surface area contributed by atoms with Crippen LogP contribution in [0.25, 0.3) is 0 Å². The minimum absolute atomic E-state index is 0.161. The van der Waals surface area contributed by atoms with Crippen molar-refractivity contribution >= 4 is 15.9 Å². The first-order valence-electron chi connectivity index (χ1n) is 3.50. The third-order valence-electron chi connectivity index (χ3n) is 1.40. The monoisotopic (exact) mass is 230 g/mol. The van der Waals surface area contributed by atoms with E-state index in [9.17, 15) is 5.11 Å². The molecule has 1 radical (unpaired) electrons. The second-order valence-corrected chi connectivity index (χ2v) is 3.26. The zero-order valence-electron chi connectivity index (χ0n) is 6.66. The lowest BCUT2D eigenvalue weighted by Crippen LogP contribution is -2.05. The number of methoxy groups -OCH3 is 1. The Morgan fingerprint density at radius 3 is 2.92 bits per heavy atom. The fourth-order valence-corrected chi connectivity index (χ4v) is 1.05. The van der Waals surface area contributed by atoms with Gasteiger partial charge in [-0.3, -0.25) is 4.98 Å². The molecule has 1 aromatic heterocycles. The van der Waals surface area contributed by atoms with Crippen molar-refractivity contribution in [1.82, 2.24) is 4.98 Å². The van der Waals surface area contributed by atoms with Crippen LogP contribution in [-0.2, 0) is 9.84 Å². The van der Waals surface area contributed by atoms with Gasteiger partial charge in [-0.2, -0.15) is 0 Å². The second-order valence-electron chi connectivity index (χ2n) is 2.35. The largest absolute Gasteiger partial charge is 0.381 e. The molecule has 0 bridgehead atoms. The zero-order valence-corrected chi connectivity index (χ0v) is 8.24. The van der Waals surface area contributed by atoms with Gasteiger partial charge in [-0.15, -0.1) is 0 Å². The molecule has 0 N–H and O–H groups in total. The first-order valence-corrected chi connectivity index (χ1v) is 4.29. The van der Waals surface area contributed by atoms with Crippen molar-refractivity contribution in [3.8, 4) is 0 Å². The van der Waals surface area contributed by atoms with Crippen molar-refractivity contribution in [2.75, 3.05) is 13.7 Å². The molecule has 3 nitrogen and oxygen atoms in total. The lowest BCUT2D eigenvalue weighted by atomic mass is 10.2. The van der Waals surface area contributed by atoms with E-state index in [0.29, 0.717) is 5.69 Å². The summed E-state index contributed by atoms with van der Waals surface area (Å²) in [4.78, 5) is 3.96. The Morgan fingerprint density at radius 1 is 1.67 bits per heavy atom. The highest BCUT2D eigenvalue weighted by Crippen LogP contribution is 2.13. The average molecular weight is 231 g/mol. The smallest absolute Gasteiger partial charge is 0.158 e. The summed E-state index contributed by atoms with van der Waals surface area (Å²) in [6.07, 6.45) is 0.721. The Hall–Kier alpha value is -0.450. The Morgan fingerprint density at radius 2 is 2.42 bits per heavy atom. The van der Waals surface area contributed by atoms with Crippen molar-refractivity contribution in [3.63, 3.8) is 0 Å². The van der Waals surface area contributed by atoms with E-state index in [1.165, 1.54) is 7.11 Å². The van der Waals surface area contributed by atoms with Crippen molar-refractivity contribution < 1.29 is 9.84 Å². The molecule has 0 saturated carbocycles. The zero-order chi connectivity index (χ0) is 8.97. The summed E-state index contributed by atoms with van der Waals surface area (Å²) >= 11 is 3.24. The van der Waals surface area contributed by atoms with E-state index in [2.05, 4.69) is 20.9 Å². The summed E-state index contributed by atoms with van der Waals surface area (Å²) in [5.41, 5.74) is 0.514. The second kappa shape index (κ2) is 4.54. The number of halogens is 1. The molecular formula is C8H9BrNO2. The highest BCUT2D eigenvalue weighted by molar-refractivity contribution is 9.10. The van der Waals surface area contributed by atoms with Crippen LogP contribution < -0.4 is 0 Å². The lowest BCUT2D eigenvalue weighted by Gasteiger charge is -2.05. The summed E-state index contributed by atoms with van der Waals surface area (Å²) in [5, 5.41) is 11.2. The molecule has 1 unspecified atom stereocenters. The van der Waals surface area contributed by atoms with E-state index in [1.807, 2.05) is 0 Å². The predicted octanol–water partition coefficient (Wildman–Crippen LogP) is 1.96.